The summed E-state index contributed by atoms with van der Waals surface area (Å²) in [6.45, 7) is 3.83. The number of nitrogen functional groups attached to an aromatic ring is 1. The van der Waals surface area contributed by atoms with Gasteiger partial charge in [0.2, 0.25) is 11.0 Å². The molecule has 0 aliphatic rings. The van der Waals surface area contributed by atoms with Gasteiger partial charge in [-0.2, -0.15) is 0 Å². The van der Waals surface area contributed by atoms with Crippen LogP contribution in [0.4, 0.5) is 10.3 Å². The van der Waals surface area contributed by atoms with E-state index in [9.17, 15) is 9.59 Å². The maximum atomic E-state index is 12.1. The molecular formula is C12H15N5O3S3. The number of aromatic nitrogens is 3. The Morgan fingerprint density at radius 3 is 2.91 bits per heavy atom. The first-order valence-electron chi connectivity index (χ1n) is 6.64. The number of thiazole rings is 1. The second-order valence-electron chi connectivity index (χ2n) is 4.28. The number of nitrogens with one attached hydrogen (secondary N) is 1. The van der Waals surface area contributed by atoms with E-state index in [4.69, 9.17) is 10.5 Å². The maximum absolute atomic E-state index is 12.1. The number of nitrogens with zero attached hydrogens (tertiary/aromatic N) is 3. The molecule has 2 aromatic heterocycles. The van der Waals surface area contributed by atoms with Crippen molar-refractivity contribution in [1.29, 1.82) is 0 Å². The van der Waals surface area contributed by atoms with Crippen molar-refractivity contribution in [2.24, 2.45) is 0 Å². The van der Waals surface area contributed by atoms with Gasteiger partial charge in [-0.25, -0.2) is 4.98 Å². The molecule has 3 N–H and O–H groups in total. The van der Waals surface area contributed by atoms with Crippen LogP contribution in [0.5, 0.6) is 0 Å². The molecule has 2 heterocycles. The highest BCUT2D eigenvalue weighted by Gasteiger charge is 2.18. The Balaban J connectivity index is 1.87. The van der Waals surface area contributed by atoms with Gasteiger partial charge in [0.1, 0.15) is 0 Å². The van der Waals surface area contributed by atoms with Crippen LogP contribution >= 0.6 is 34.4 Å². The second kappa shape index (κ2) is 8.22. The van der Waals surface area contributed by atoms with Crippen molar-refractivity contribution < 1.29 is 14.3 Å². The first-order valence-corrected chi connectivity index (χ1v) is 9.22. The predicted octanol–water partition coefficient (Wildman–Crippen LogP) is 1.80. The Hall–Kier alpha value is -1.72. The van der Waals surface area contributed by atoms with E-state index in [1.807, 2.05) is 0 Å². The molecule has 0 saturated heterocycles. The maximum Gasteiger partial charge on any atom is 0.311 e. The van der Waals surface area contributed by atoms with Gasteiger partial charge in [-0.05, 0) is 13.8 Å². The molecule has 0 aliphatic carbocycles. The van der Waals surface area contributed by atoms with E-state index < -0.39 is 0 Å². The van der Waals surface area contributed by atoms with Crippen LogP contribution in [-0.2, 0) is 20.7 Å². The van der Waals surface area contributed by atoms with Crippen molar-refractivity contribution in [2.45, 2.75) is 29.9 Å². The third-order valence-corrected chi connectivity index (χ3v) is 5.22. The number of hydrogen-bond donors (Lipinski definition) is 2. The Bertz CT molecular complexity index is 687. The van der Waals surface area contributed by atoms with Crippen molar-refractivity contribution in [1.82, 2.24) is 15.2 Å². The van der Waals surface area contributed by atoms with Crippen LogP contribution in [-0.4, -0.2) is 38.9 Å². The highest BCUT2D eigenvalue weighted by molar-refractivity contribution is 8.02. The summed E-state index contributed by atoms with van der Waals surface area (Å²) in [6, 6.07) is 0. The highest BCUT2D eigenvalue weighted by atomic mass is 32.2. The summed E-state index contributed by atoms with van der Waals surface area (Å²) in [5, 5.41) is 12.4. The molecule has 124 valence electrons. The molecule has 0 aliphatic heterocycles. The van der Waals surface area contributed by atoms with Crippen LogP contribution in [0.3, 0.4) is 0 Å². The summed E-state index contributed by atoms with van der Waals surface area (Å²) in [4.78, 5) is 27.7. The lowest BCUT2D eigenvalue weighted by atomic mass is 10.3. The molecule has 1 amide bonds. The fraction of sp³-hybridized carbons (Fsp3) is 0.417. The van der Waals surface area contributed by atoms with E-state index in [0.717, 1.165) is 0 Å². The second-order valence-corrected chi connectivity index (χ2v) is 7.74. The van der Waals surface area contributed by atoms with Gasteiger partial charge in [0.15, 0.2) is 9.47 Å². The number of ether oxygens (including phenoxy) is 1. The Kier molecular flexibility index (Phi) is 6.30. The zero-order valence-corrected chi connectivity index (χ0v) is 14.9. The van der Waals surface area contributed by atoms with Gasteiger partial charge in [0, 0.05) is 5.38 Å². The molecule has 23 heavy (non-hydrogen) atoms. The number of nitrogens with two attached hydrogens (primary N) is 1. The molecule has 11 heteroatoms. The van der Waals surface area contributed by atoms with Crippen molar-refractivity contribution in [3.8, 4) is 0 Å². The van der Waals surface area contributed by atoms with E-state index in [0.29, 0.717) is 26.9 Å². The zero-order valence-electron chi connectivity index (χ0n) is 12.4. The average molecular weight is 373 g/mol. The van der Waals surface area contributed by atoms with Crippen LogP contribution in [0.2, 0.25) is 0 Å². The molecule has 1 atom stereocenters. The molecule has 8 nitrogen and oxygen atoms in total. The molecule has 0 aromatic carbocycles. The molecule has 2 rings (SSSR count). The van der Waals surface area contributed by atoms with Crippen LogP contribution in [0, 0.1) is 0 Å². The molecule has 2 aromatic rings. The molecule has 0 radical (unpaired) electrons. The molecule has 1 unspecified atom stereocenters. The normalized spacial score (nSPS) is 11.9. The first kappa shape index (κ1) is 17.6. The summed E-state index contributed by atoms with van der Waals surface area (Å²) in [6.07, 6.45) is 0.0918. The summed E-state index contributed by atoms with van der Waals surface area (Å²) >= 11 is 3.76. The zero-order chi connectivity index (χ0) is 16.8. The largest absolute Gasteiger partial charge is 0.466 e. The Labute approximate surface area is 144 Å². The van der Waals surface area contributed by atoms with Gasteiger partial charge in [-0.15, -0.1) is 21.5 Å². The first-order chi connectivity index (χ1) is 11.0. The van der Waals surface area contributed by atoms with Crippen molar-refractivity contribution in [3.05, 3.63) is 11.1 Å². The number of rotatable bonds is 7. The molecule has 0 bridgehead atoms. The number of thioether (sulfide) groups is 1. The number of carbonyl (C=O) groups excluding carboxylic acids is 2. The molecule has 0 saturated carbocycles. The average Bonchev–Trinajstić information content (AvgIpc) is 3.08. The van der Waals surface area contributed by atoms with E-state index in [2.05, 4.69) is 20.5 Å². The minimum atomic E-state index is -0.375. The van der Waals surface area contributed by atoms with E-state index in [1.165, 1.54) is 34.4 Å². The van der Waals surface area contributed by atoms with Gasteiger partial charge in [-0.1, -0.05) is 23.1 Å². The molecule has 0 spiro atoms. The van der Waals surface area contributed by atoms with Gasteiger partial charge in [-0.3, -0.25) is 9.59 Å². The minimum absolute atomic E-state index is 0.0918. The van der Waals surface area contributed by atoms with Gasteiger partial charge in [0.05, 0.1) is 24.0 Å². The predicted molar refractivity (Wildman–Crippen MR) is 90.7 cm³/mol. The Morgan fingerprint density at radius 1 is 1.48 bits per heavy atom. The fourth-order valence-electron chi connectivity index (χ4n) is 1.49. The third-order valence-electron chi connectivity index (χ3n) is 2.48. The van der Waals surface area contributed by atoms with E-state index in [-0.39, 0.29) is 23.5 Å². The van der Waals surface area contributed by atoms with Gasteiger partial charge in [0.25, 0.3) is 0 Å². The SMILES string of the molecule is CCOC(=O)Cc1csc(NC(=O)C(C)Sc2nnc(N)s2)n1. The van der Waals surface area contributed by atoms with Crippen molar-refractivity contribution >= 4 is 56.6 Å². The van der Waals surface area contributed by atoms with E-state index in [1.54, 1.807) is 19.2 Å². The lowest BCUT2D eigenvalue weighted by Gasteiger charge is -2.07. The van der Waals surface area contributed by atoms with Crippen molar-refractivity contribution in [3.63, 3.8) is 0 Å². The van der Waals surface area contributed by atoms with Crippen LogP contribution < -0.4 is 11.1 Å². The van der Waals surface area contributed by atoms with E-state index >= 15 is 0 Å². The summed E-state index contributed by atoms with van der Waals surface area (Å²) in [5.41, 5.74) is 6.07. The lowest BCUT2D eigenvalue weighted by Crippen LogP contribution is -2.22. The number of anilines is 2. The van der Waals surface area contributed by atoms with Crippen LogP contribution in [0.25, 0.3) is 0 Å². The quantitative estimate of drug-likeness (QED) is 0.557. The topological polar surface area (TPSA) is 120 Å². The van der Waals surface area contributed by atoms with Crippen LogP contribution in [0.1, 0.15) is 19.5 Å². The number of hydrogen-bond acceptors (Lipinski definition) is 10. The fourth-order valence-corrected chi connectivity index (χ4v) is 3.98. The highest BCUT2D eigenvalue weighted by Crippen LogP contribution is 2.28. The number of carbonyl (C=O) groups is 2. The van der Waals surface area contributed by atoms with Crippen molar-refractivity contribution in [2.75, 3.05) is 17.7 Å². The Morgan fingerprint density at radius 2 is 2.26 bits per heavy atom. The lowest BCUT2D eigenvalue weighted by molar-refractivity contribution is -0.142. The molecule has 0 fully saturated rings. The number of esters is 1. The summed E-state index contributed by atoms with van der Waals surface area (Å²) < 4.78 is 5.49. The standard InChI is InChI=1S/C12H15N5O3S3/c1-3-20-8(18)4-7-5-21-11(14-7)15-9(19)6(2)22-12-17-16-10(13)23-12/h5-6H,3-4H2,1-2H3,(H2,13,16)(H,14,15,19). The molecular weight excluding hydrogens is 358 g/mol. The van der Waals surface area contributed by atoms with Gasteiger partial charge >= 0.3 is 5.97 Å². The number of amides is 1. The van der Waals surface area contributed by atoms with Crippen LogP contribution in [0.15, 0.2) is 9.72 Å². The minimum Gasteiger partial charge on any atom is -0.466 e. The summed E-state index contributed by atoms with van der Waals surface area (Å²) in [7, 11) is 0. The van der Waals surface area contributed by atoms with Gasteiger partial charge < -0.3 is 15.8 Å². The summed E-state index contributed by atoms with van der Waals surface area (Å²) in [5.74, 6) is -0.547. The smallest absolute Gasteiger partial charge is 0.311 e. The monoisotopic (exact) mass is 373 g/mol. The third kappa shape index (κ3) is 5.44.